The third kappa shape index (κ3) is 5.28. The van der Waals surface area contributed by atoms with E-state index < -0.39 is 0 Å². The molecule has 3 aromatic carbocycles. The molecule has 0 radical (unpaired) electrons. The Kier molecular flexibility index (Phi) is 6.86. The summed E-state index contributed by atoms with van der Waals surface area (Å²) in [6.07, 6.45) is 4.56. The van der Waals surface area contributed by atoms with Crippen molar-refractivity contribution in [1.29, 1.82) is 0 Å². The standard InChI is InChI=1S/C32H37BBr2/c1-30(2,3)22-18-25(31(4,5)6)29(26(19-22)32(7,8)9)33-27-14-12-23(34)16-20(27)10-11-21-17-24(35)13-15-28(21)33/h10-19H,1-9H3. The van der Waals surface area contributed by atoms with E-state index in [2.05, 4.69) is 155 Å². The van der Waals surface area contributed by atoms with Gasteiger partial charge in [0.2, 0.25) is 6.71 Å². The molecule has 0 fully saturated rings. The number of hydrogen-bond donors (Lipinski definition) is 0. The largest absolute Gasteiger partial charge is 0.243 e. The molecule has 0 aliphatic carbocycles. The molecule has 0 bridgehead atoms. The summed E-state index contributed by atoms with van der Waals surface area (Å²) in [5.74, 6) is 0. The summed E-state index contributed by atoms with van der Waals surface area (Å²) in [7, 11) is 0. The van der Waals surface area contributed by atoms with Crippen molar-refractivity contribution in [3.8, 4) is 0 Å². The van der Waals surface area contributed by atoms with E-state index in [1.165, 1.54) is 44.2 Å². The molecular weight excluding hydrogens is 555 g/mol. The minimum Gasteiger partial charge on any atom is -0.0653 e. The average Bonchev–Trinajstić information content (AvgIpc) is 2.87. The Labute approximate surface area is 230 Å². The van der Waals surface area contributed by atoms with Crippen molar-refractivity contribution in [3.05, 3.63) is 85.3 Å². The van der Waals surface area contributed by atoms with Gasteiger partial charge < -0.3 is 0 Å². The zero-order valence-corrected chi connectivity index (χ0v) is 25.8. The highest BCUT2D eigenvalue weighted by molar-refractivity contribution is 9.10. The Hall–Kier alpha value is -1.58. The number of fused-ring (bicyclic) bond motifs is 2. The fourth-order valence-corrected chi connectivity index (χ4v) is 5.96. The summed E-state index contributed by atoms with van der Waals surface area (Å²) in [6.45, 7) is 21.3. The Bertz CT molecular complexity index is 1220. The topological polar surface area (TPSA) is 0 Å². The molecule has 0 unspecified atom stereocenters. The minimum absolute atomic E-state index is 0.00137. The van der Waals surface area contributed by atoms with Gasteiger partial charge in [-0.3, -0.25) is 0 Å². The third-order valence-corrected chi connectivity index (χ3v) is 8.10. The van der Waals surface area contributed by atoms with Gasteiger partial charge in [0, 0.05) is 8.95 Å². The molecular formula is C32H37BBr2. The number of rotatable bonds is 1. The van der Waals surface area contributed by atoms with Gasteiger partial charge in [0.15, 0.2) is 0 Å². The van der Waals surface area contributed by atoms with Crippen LogP contribution in [0.15, 0.2) is 57.5 Å². The van der Waals surface area contributed by atoms with Gasteiger partial charge in [-0.05, 0) is 68.3 Å². The predicted molar refractivity (Wildman–Crippen MR) is 164 cm³/mol. The zero-order valence-electron chi connectivity index (χ0n) is 22.6. The van der Waals surface area contributed by atoms with Crippen molar-refractivity contribution in [1.82, 2.24) is 0 Å². The summed E-state index contributed by atoms with van der Waals surface area (Å²) in [5, 5.41) is 0. The van der Waals surface area contributed by atoms with E-state index in [-0.39, 0.29) is 23.0 Å². The highest BCUT2D eigenvalue weighted by atomic mass is 79.9. The molecule has 1 heterocycles. The summed E-state index contributed by atoms with van der Waals surface area (Å²) < 4.78 is 2.23. The number of halogens is 2. The second-order valence-electron chi connectivity index (χ2n) is 13.0. The first kappa shape index (κ1) is 26.5. The molecule has 182 valence electrons. The van der Waals surface area contributed by atoms with E-state index in [4.69, 9.17) is 0 Å². The maximum absolute atomic E-state index is 3.72. The van der Waals surface area contributed by atoms with Crippen LogP contribution in [0.4, 0.5) is 0 Å². The molecule has 0 aromatic heterocycles. The van der Waals surface area contributed by atoms with Crippen LogP contribution in [0.2, 0.25) is 0 Å². The molecule has 1 aliphatic rings. The highest BCUT2D eigenvalue weighted by Crippen LogP contribution is 2.34. The van der Waals surface area contributed by atoms with E-state index in [1.54, 1.807) is 0 Å². The summed E-state index contributed by atoms with van der Waals surface area (Å²) in [6, 6.07) is 18.6. The van der Waals surface area contributed by atoms with Crippen LogP contribution in [0, 0.1) is 0 Å². The van der Waals surface area contributed by atoms with Gasteiger partial charge in [0.05, 0.1) is 0 Å². The van der Waals surface area contributed by atoms with Crippen molar-refractivity contribution >= 4 is 67.1 Å². The lowest BCUT2D eigenvalue weighted by Crippen LogP contribution is -2.58. The Balaban J connectivity index is 2.20. The van der Waals surface area contributed by atoms with Crippen molar-refractivity contribution < 1.29 is 0 Å². The molecule has 3 aromatic rings. The van der Waals surface area contributed by atoms with Crippen LogP contribution in [-0.2, 0) is 16.2 Å². The second kappa shape index (κ2) is 9.07. The smallest absolute Gasteiger partial charge is 0.0653 e. The molecule has 0 nitrogen and oxygen atoms in total. The van der Waals surface area contributed by atoms with Crippen LogP contribution in [0.1, 0.15) is 90.1 Å². The van der Waals surface area contributed by atoms with Crippen LogP contribution >= 0.6 is 31.9 Å². The minimum atomic E-state index is 0.00137. The lowest BCUT2D eigenvalue weighted by molar-refractivity contribution is 0.553. The van der Waals surface area contributed by atoms with Crippen molar-refractivity contribution in [2.75, 3.05) is 0 Å². The summed E-state index contributed by atoms with van der Waals surface area (Å²) in [5.41, 5.74) is 11.1. The lowest BCUT2D eigenvalue weighted by atomic mass is 9.33. The van der Waals surface area contributed by atoms with Crippen LogP contribution in [0.3, 0.4) is 0 Å². The molecule has 0 spiro atoms. The molecule has 0 saturated heterocycles. The average molecular weight is 592 g/mol. The van der Waals surface area contributed by atoms with Crippen LogP contribution in [0.5, 0.6) is 0 Å². The number of hydrogen-bond acceptors (Lipinski definition) is 0. The van der Waals surface area contributed by atoms with Crippen molar-refractivity contribution in [2.45, 2.75) is 78.6 Å². The first-order valence-electron chi connectivity index (χ1n) is 12.5. The van der Waals surface area contributed by atoms with Gasteiger partial charge in [-0.25, -0.2) is 0 Å². The Morgan fingerprint density at radius 2 is 0.943 bits per heavy atom. The third-order valence-electron chi connectivity index (χ3n) is 7.11. The van der Waals surface area contributed by atoms with E-state index in [9.17, 15) is 0 Å². The van der Waals surface area contributed by atoms with Crippen LogP contribution in [0.25, 0.3) is 12.2 Å². The van der Waals surface area contributed by atoms with Gasteiger partial charge in [0.1, 0.15) is 0 Å². The Morgan fingerprint density at radius 3 is 1.29 bits per heavy atom. The van der Waals surface area contributed by atoms with Crippen LogP contribution < -0.4 is 16.4 Å². The van der Waals surface area contributed by atoms with Gasteiger partial charge in [-0.1, -0.05) is 147 Å². The van der Waals surface area contributed by atoms with E-state index in [0.29, 0.717) is 0 Å². The molecule has 0 saturated carbocycles. The highest BCUT2D eigenvalue weighted by Gasteiger charge is 2.37. The monoisotopic (exact) mass is 590 g/mol. The lowest BCUT2D eigenvalue weighted by Gasteiger charge is -2.36. The first-order chi connectivity index (χ1) is 16.1. The Morgan fingerprint density at radius 1 is 0.543 bits per heavy atom. The van der Waals surface area contributed by atoms with E-state index in [1.807, 2.05) is 0 Å². The molecule has 0 N–H and O–H groups in total. The van der Waals surface area contributed by atoms with Gasteiger partial charge in [-0.2, -0.15) is 0 Å². The van der Waals surface area contributed by atoms with Crippen LogP contribution in [-0.4, -0.2) is 6.71 Å². The molecule has 3 heteroatoms. The first-order valence-corrected chi connectivity index (χ1v) is 14.1. The summed E-state index contributed by atoms with van der Waals surface area (Å²) >= 11 is 7.44. The van der Waals surface area contributed by atoms with Crippen molar-refractivity contribution in [2.24, 2.45) is 0 Å². The van der Waals surface area contributed by atoms with E-state index >= 15 is 0 Å². The summed E-state index contributed by atoms with van der Waals surface area (Å²) in [4.78, 5) is 0. The predicted octanol–water partition coefficient (Wildman–Crippen LogP) is 8.10. The molecule has 0 atom stereocenters. The number of benzene rings is 3. The second-order valence-corrected chi connectivity index (χ2v) is 14.9. The fourth-order valence-electron chi connectivity index (χ4n) is 5.20. The quantitative estimate of drug-likeness (QED) is 0.196. The maximum Gasteiger partial charge on any atom is 0.243 e. The van der Waals surface area contributed by atoms with Gasteiger partial charge in [-0.15, -0.1) is 0 Å². The van der Waals surface area contributed by atoms with Gasteiger partial charge >= 0.3 is 0 Å². The fraction of sp³-hybridized carbons (Fsp3) is 0.375. The molecule has 4 rings (SSSR count). The molecule has 35 heavy (non-hydrogen) atoms. The normalized spacial score (nSPS) is 14.0. The van der Waals surface area contributed by atoms with E-state index in [0.717, 1.165) is 8.95 Å². The van der Waals surface area contributed by atoms with Gasteiger partial charge in [0.25, 0.3) is 0 Å². The SMILES string of the molecule is CC(C)(C)c1cc(C(C)(C)C)c(B2c3ccc(Br)cc3C=Cc3cc(Br)ccc32)c(C(C)(C)C)c1. The maximum atomic E-state index is 3.72. The van der Waals surface area contributed by atoms with Crippen molar-refractivity contribution in [3.63, 3.8) is 0 Å². The molecule has 1 aliphatic heterocycles. The molecule has 0 amide bonds. The zero-order chi connectivity index (χ0) is 25.9.